The van der Waals surface area contributed by atoms with Crippen LogP contribution in [0, 0.1) is 33.9 Å². The number of hydrogen-bond donors (Lipinski definition) is 4. The molecule has 4 N–H and O–H groups in total. The molecule has 2 aromatic carbocycles. The van der Waals surface area contributed by atoms with E-state index in [-0.39, 0.29) is 17.0 Å². The van der Waals surface area contributed by atoms with Crippen molar-refractivity contribution < 1.29 is 4.39 Å². The quantitative estimate of drug-likeness (QED) is 0.359. The van der Waals surface area contributed by atoms with Crippen LogP contribution in [-0.4, -0.2) is 22.6 Å². The molecule has 1 saturated carbocycles. The van der Waals surface area contributed by atoms with Crippen LogP contribution >= 0.6 is 0 Å². The molecule has 1 atom stereocenters. The molecule has 37 heavy (non-hydrogen) atoms. The number of anilines is 2. The van der Waals surface area contributed by atoms with Gasteiger partial charge in [-0.2, -0.15) is 10.5 Å². The molecule has 3 aromatic rings. The van der Waals surface area contributed by atoms with E-state index in [0.29, 0.717) is 40.5 Å². The number of nitrogens with one attached hydrogen (secondary N) is 4. The number of hydrogen-bond acceptors (Lipinski definition) is 8. The van der Waals surface area contributed by atoms with Crippen molar-refractivity contribution in [3.8, 4) is 12.1 Å². The molecule has 0 bridgehead atoms. The molecular weight excluding hydrogens is 467 g/mol. The number of hydrazine groups is 2. The lowest BCUT2D eigenvalue weighted by molar-refractivity contribution is 0.260. The summed E-state index contributed by atoms with van der Waals surface area (Å²) in [5.74, 6) is -0.487. The fourth-order valence-electron chi connectivity index (χ4n) is 4.31. The Morgan fingerprint density at radius 2 is 2.00 bits per heavy atom. The van der Waals surface area contributed by atoms with Crippen LogP contribution in [0.3, 0.4) is 0 Å². The number of pyridine rings is 1. The molecular formula is C28H29FN8. The van der Waals surface area contributed by atoms with Crippen molar-refractivity contribution in [2.24, 2.45) is 5.41 Å². The molecule has 0 spiro atoms. The lowest BCUT2D eigenvalue weighted by atomic mass is 9.96. The summed E-state index contributed by atoms with van der Waals surface area (Å²) in [5, 5.41) is 28.5. The number of nitriles is 2. The monoisotopic (exact) mass is 496 g/mol. The van der Waals surface area contributed by atoms with E-state index in [1.54, 1.807) is 6.07 Å². The summed E-state index contributed by atoms with van der Waals surface area (Å²) in [5.41, 5.74) is 10.3. The fraction of sp³-hybridized carbons (Fsp3) is 0.321. The average Bonchev–Trinajstić information content (AvgIpc) is 3.62. The van der Waals surface area contributed by atoms with Crippen molar-refractivity contribution in [1.29, 1.82) is 10.5 Å². The minimum atomic E-state index is -0.487. The summed E-state index contributed by atoms with van der Waals surface area (Å²) in [4.78, 5) is 4.23. The zero-order valence-corrected chi connectivity index (χ0v) is 21.1. The van der Waals surface area contributed by atoms with Crippen molar-refractivity contribution >= 4 is 22.3 Å². The highest BCUT2D eigenvalue weighted by Crippen LogP contribution is 2.35. The minimum absolute atomic E-state index is 0.0470. The van der Waals surface area contributed by atoms with E-state index < -0.39 is 5.82 Å². The number of nitrogens with zero attached hydrogens (tertiary/aromatic N) is 4. The Kier molecular flexibility index (Phi) is 6.32. The molecule has 8 nitrogen and oxygen atoms in total. The molecule has 2 aliphatic rings. The van der Waals surface area contributed by atoms with Gasteiger partial charge in [0.2, 0.25) is 0 Å². The summed E-state index contributed by atoms with van der Waals surface area (Å²) in [6, 6.07) is 15.0. The Morgan fingerprint density at radius 1 is 1.19 bits per heavy atom. The standard InChI is InChI=1S/C28H29FN8/c1-28(2,3)16-33-25-19(13-31)14-32-27-22(25)10-20(11-23(27)29)34-26(18-6-4-5-17(9-18)12-30)24-15-37(36-35-24)21-7-8-21/h4-6,9-11,14-15,21,26,34-36H,7-8,16H2,1-3H3,(H,32,33). The molecule has 0 amide bonds. The third-order valence-electron chi connectivity index (χ3n) is 6.36. The first-order chi connectivity index (χ1) is 17.8. The molecule has 1 fully saturated rings. The maximum absolute atomic E-state index is 15.4. The lowest BCUT2D eigenvalue weighted by Crippen LogP contribution is -2.38. The van der Waals surface area contributed by atoms with E-state index in [1.165, 1.54) is 12.3 Å². The summed E-state index contributed by atoms with van der Waals surface area (Å²) in [6.07, 6.45) is 5.66. The fourth-order valence-corrected chi connectivity index (χ4v) is 4.31. The normalized spacial score (nSPS) is 15.9. The van der Waals surface area contributed by atoms with Gasteiger partial charge in [-0.3, -0.25) is 9.99 Å². The Balaban J connectivity index is 1.57. The van der Waals surface area contributed by atoms with Crippen LogP contribution in [0.1, 0.15) is 56.3 Å². The van der Waals surface area contributed by atoms with Crippen LogP contribution in [0.15, 0.2) is 54.5 Å². The van der Waals surface area contributed by atoms with Crippen LogP contribution in [0.25, 0.3) is 10.9 Å². The van der Waals surface area contributed by atoms with Crippen LogP contribution in [0.4, 0.5) is 15.8 Å². The number of rotatable bonds is 7. The van der Waals surface area contributed by atoms with Crippen molar-refractivity contribution in [2.45, 2.75) is 45.7 Å². The topological polar surface area (TPSA) is 112 Å². The zero-order chi connectivity index (χ0) is 26.2. The number of benzene rings is 2. The maximum atomic E-state index is 15.4. The van der Waals surface area contributed by atoms with Crippen LogP contribution < -0.4 is 21.6 Å². The largest absolute Gasteiger partial charge is 0.383 e. The predicted octanol–water partition coefficient (Wildman–Crippen LogP) is 5.06. The number of aromatic nitrogens is 1. The van der Waals surface area contributed by atoms with Gasteiger partial charge in [-0.15, -0.1) is 5.53 Å². The van der Waals surface area contributed by atoms with Gasteiger partial charge in [0.15, 0.2) is 5.82 Å². The van der Waals surface area contributed by atoms with Crippen molar-refractivity contribution in [3.05, 3.63) is 77.0 Å². The highest BCUT2D eigenvalue weighted by molar-refractivity contribution is 5.96. The second kappa shape index (κ2) is 9.61. The first-order valence-corrected chi connectivity index (χ1v) is 12.3. The Bertz CT molecular complexity index is 1460. The molecule has 188 valence electrons. The lowest BCUT2D eigenvalue weighted by Gasteiger charge is -2.23. The number of halogens is 1. The van der Waals surface area contributed by atoms with E-state index in [4.69, 9.17) is 0 Å². The Labute approximate surface area is 215 Å². The molecule has 5 rings (SSSR count). The van der Waals surface area contributed by atoms with Crippen LogP contribution in [-0.2, 0) is 0 Å². The van der Waals surface area contributed by atoms with Crippen molar-refractivity contribution in [2.75, 3.05) is 17.2 Å². The molecule has 0 radical (unpaired) electrons. The maximum Gasteiger partial charge on any atom is 0.151 e. The van der Waals surface area contributed by atoms with Gasteiger partial charge in [0.25, 0.3) is 0 Å². The first-order valence-electron chi connectivity index (χ1n) is 12.3. The number of fused-ring (bicyclic) bond motifs is 1. The smallest absolute Gasteiger partial charge is 0.151 e. The minimum Gasteiger partial charge on any atom is -0.383 e. The van der Waals surface area contributed by atoms with Gasteiger partial charge < -0.3 is 16.1 Å². The van der Waals surface area contributed by atoms with Crippen LogP contribution in [0.5, 0.6) is 0 Å². The molecule has 1 aromatic heterocycles. The zero-order valence-electron chi connectivity index (χ0n) is 21.1. The van der Waals surface area contributed by atoms with Gasteiger partial charge in [-0.1, -0.05) is 32.9 Å². The van der Waals surface area contributed by atoms with Gasteiger partial charge in [0, 0.05) is 36.1 Å². The summed E-state index contributed by atoms with van der Waals surface area (Å²) >= 11 is 0. The Hall–Kier alpha value is -4.34. The second-order valence-corrected chi connectivity index (χ2v) is 10.7. The van der Waals surface area contributed by atoms with Gasteiger partial charge in [-0.05, 0) is 48.1 Å². The van der Waals surface area contributed by atoms with E-state index in [0.717, 1.165) is 24.1 Å². The molecule has 0 saturated heterocycles. The third-order valence-corrected chi connectivity index (χ3v) is 6.36. The summed E-state index contributed by atoms with van der Waals surface area (Å²) in [7, 11) is 0. The molecule has 1 aliphatic heterocycles. The van der Waals surface area contributed by atoms with Crippen molar-refractivity contribution in [3.63, 3.8) is 0 Å². The van der Waals surface area contributed by atoms with Crippen LogP contribution in [0.2, 0.25) is 0 Å². The van der Waals surface area contributed by atoms with Gasteiger partial charge in [-0.25, -0.2) is 4.39 Å². The average molecular weight is 497 g/mol. The molecule has 2 heterocycles. The molecule has 1 unspecified atom stereocenters. The third kappa shape index (κ3) is 5.28. The summed E-state index contributed by atoms with van der Waals surface area (Å²) in [6.45, 7) is 6.86. The van der Waals surface area contributed by atoms with E-state index in [9.17, 15) is 10.5 Å². The van der Waals surface area contributed by atoms with Gasteiger partial charge in [0.05, 0.1) is 34.6 Å². The highest BCUT2D eigenvalue weighted by atomic mass is 19.1. The van der Waals surface area contributed by atoms with Crippen molar-refractivity contribution in [1.82, 2.24) is 21.0 Å². The highest BCUT2D eigenvalue weighted by Gasteiger charge is 2.32. The SMILES string of the molecule is CC(C)(C)CNc1c(C#N)cnc2c(F)cc(NC(C3=CN(C4CC4)NN3)c3cccc(C#N)c3)cc12. The predicted molar refractivity (Wildman–Crippen MR) is 141 cm³/mol. The Morgan fingerprint density at radius 3 is 2.70 bits per heavy atom. The first kappa shape index (κ1) is 24.4. The molecule has 9 heteroatoms. The van der Waals surface area contributed by atoms with E-state index in [2.05, 4.69) is 59.5 Å². The second-order valence-electron chi connectivity index (χ2n) is 10.7. The van der Waals surface area contributed by atoms with E-state index in [1.807, 2.05) is 35.5 Å². The van der Waals surface area contributed by atoms with E-state index >= 15 is 4.39 Å². The van der Waals surface area contributed by atoms with Gasteiger partial charge >= 0.3 is 0 Å². The summed E-state index contributed by atoms with van der Waals surface area (Å²) < 4.78 is 15.4. The van der Waals surface area contributed by atoms with Gasteiger partial charge in [0.1, 0.15) is 11.6 Å². The molecule has 1 aliphatic carbocycles.